The molecule has 1 amide bonds. The van der Waals surface area contributed by atoms with E-state index < -0.39 is 5.91 Å². The Morgan fingerprint density at radius 3 is 2.34 bits per heavy atom. The predicted octanol–water partition coefficient (Wildman–Crippen LogP) is 8.75. The van der Waals surface area contributed by atoms with Crippen molar-refractivity contribution in [3.05, 3.63) is 65.4 Å². The Balaban J connectivity index is 0.00000411. The molecule has 0 atom stereocenters. The van der Waals surface area contributed by atoms with Gasteiger partial charge in [0.15, 0.2) is 5.69 Å². The largest absolute Gasteiger partial charge is 0.513 e. The fourth-order valence-corrected chi connectivity index (χ4v) is 4.07. The van der Waals surface area contributed by atoms with Gasteiger partial charge in [-0.25, -0.2) is 4.68 Å². The number of nitrogens with zero attached hydrogens (tertiary/aromatic N) is 3. The third kappa shape index (κ3) is 11.5. The molecule has 0 spiro atoms. The van der Waals surface area contributed by atoms with Gasteiger partial charge >= 0.3 is 0 Å². The number of aliphatic hydroxyl groups excluding tert-OH is 1. The summed E-state index contributed by atoms with van der Waals surface area (Å²) in [5, 5.41) is 21.0. The molecule has 0 unspecified atom stereocenters. The van der Waals surface area contributed by atoms with Crippen molar-refractivity contribution in [3.8, 4) is 5.75 Å². The van der Waals surface area contributed by atoms with Crippen molar-refractivity contribution in [1.82, 2.24) is 15.0 Å². The van der Waals surface area contributed by atoms with E-state index >= 15 is 0 Å². The fraction of sp³-hybridized carbons (Fsp3) is 0.545. The molecule has 0 bridgehead atoms. The monoisotopic (exact) mass is 568 g/mol. The number of aliphatic hydroxyl groups is 1. The van der Waals surface area contributed by atoms with E-state index in [4.69, 9.17) is 9.47 Å². The van der Waals surface area contributed by atoms with Crippen LogP contribution in [0.3, 0.4) is 0 Å². The highest BCUT2D eigenvalue weighted by Crippen LogP contribution is 2.32. The Morgan fingerprint density at radius 1 is 1.10 bits per heavy atom. The summed E-state index contributed by atoms with van der Waals surface area (Å²) in [6.07, 6.45) is 14.5. The van der Waals surface area contributed by atoms with Crippen LogP contribution < -0.4 is 10.1 Å². The minimum absolute atomic E-state index is 0.102. The number of benzene rings is 1. The van der Waals surface area contributed by atoms with Crippen LogP contribution in [0.4, 0.5) is 5.69 Å². The van der Waals surface area contributed by atoms with E-state index in [-0.39, 0.29) is 11.1 Å². The lowest BCUT2D eigenvalue weighted by Crippen LogP contribution is -2.17. The van der Waals surface area contributed by atoms with Crippen molar-refractivity contribution < 1.29 is 19.4 Å². The minimum Gasteiger partial charge on any atom is -0.513 e. The number of unbranched alkanes of at least 4 members (excludes halogenated alkanes) is 6. The van der Waals surface area contributed by atoms with E-state index in [9.17, 15) is 9.90 Å². The number of amides is 1. The molecule has 0 aliphatic rings. The number of allylic oxidation sites excluding steroid dienone is 4. The molecule has 41 heavy (non-hydrogen) atoms. The third-order valence-electron chi connectivity index (χ3n) is 6.44. The first-order chi connectivity index (χ1) is 19.7. The van der Waals surface area contributed by atoms with Gasteiger partial charge in [-0.15, -0.1) is 5.10 Å². The van der Waals surface area contributed by atoms with Crippen LogP contribution in [0.5, 0.6) is 5.75 Å². The average Bonchev–Trinajstić information content (AvgIpc) is 3.34. The molecule has 0 aliphatic carbocycles. The Morgan fingerprint density at radius 2 is 1.76 bits per heavy atom. The van der Waals surface area contributed by atoms with E-state index in [2.05, 4.69) is 43.3 Å². The van der Waals surface area contributed by atoms with Crippen molar-refractivity contribution >= 4 is 17.3 Å². The van der Waals surface area contributed by atoms with Crippen LogP contribution in [-0.4, -0.2) is 39.7 Å². The van der Waals surface area contributed by atoms with Gasteiger partial charge < -0.3 is 19.9 Å². The summed E-state index contributed by atoms with van der Waals surface area (Å²) in [4.78, 5) is 13.3. The molecule has 0 aliphatic heterocycles. The van der Waals surface area contributed by atoms with Crippen molar-refractivity contribution in [2.75, 3.05) is 19.0 Å². The van der Waals surface area contributed by atoms with Gasteiger partial charge in [0.25, 0.3) is 5.91 Å². The van der Waals surface area contributed by atoms with E-state index in [1.807, 2.05) is 45.0 Å². The number of nitrogens with one attached hydrogen (secondary N) is 1. The van der Waals surface area contributed by atoms with Gasteiger partial charge in [-0.1, -0.05) is 97.4 Å². The molecule has 0 saturated heterocycles. The third-order valence-corrected chi connectivity index (χ3v) is 6.44. The standard InChI is InChI=1S/C31H46N4O4.C2H6/c1-8-10-11-12-13-14-15-19-39-28-18-17-24(31(4,5)6)20-27(28)32-30(37)29-23(3)35(34-33-29)25(22-36)21-26(38-7)16-9-2;1-2/h9,16-18,20-22,36H,8,10-15,19H2,1-7H3,(H,32,37);1-2H3/b16-9-,25-22-,26-21+;. The highest BCUT2D eigenvalue weighted by atomic mass is 16.5. The molecule has 2 rings (SSSR count). The van der Waals surface area contributed by atoms with Gasteiger partial charge in [0.1, 0.15) is 23.5 Å². The second-order valence-corrected chi connectivity index (χ2v) is 10.6. The summed E-state index contributed by atoms with van der Waals surface area (Å²) in [6.45, 7) is 16.8. The first-order valence-electron chi connectivity index (χ1n) is 14.9. The Labute approximate surface area is 247 Å². The molecule has 1 heterocycles. The van der Waals surface area contributed by atoms with Crippen molar-refractivity contribution in [1.29, 1.82) is 0 Å². The number of aromatic nitrogens is 3. The SMILES string of the molecule is CC.C\C=C/C(=C\C(=C\O)n1nnc(C(=O)Nc2cc(C(C)(C)C)ccc2OCCCCCCCCC)c1C)OC. The van der Waals surface area contributed by atoms with Gasteiger partial charge in [0, 0.05) is 6.08 Å². The minimum atomic E-state index is -0.410. The van der Waals surface area contributed by atoms with Crippen LogP contribution in [0.2, 0.25) is 0 Å². The number of ether oxygens (including phenoxy) is 2. The lowest BCUT2D eigenvalue weighted by molar-refractivity contribution is 0.102. The summed E-state index contributed by atoms with van der Waals surface area (Å²) >= 11 is 0. The lowest BCUT2D eigenvalue weighted by atomic mass is 9.87. The topological polar surface area (TPSA) is 98.5 Å². The maximum absolute atomic E-state index is 13.3. The number of rotatable bonds is 15. The molecule has 0 saturated carbocycles. The second-order valence-electron chi connectivity index (χ2n) is 10.6. The summed E-state index contributed by atoms with van der Waals surface area (Å²) in [5.74, 6) is 0.732. The lowest BCUT2D eigenvalue weighted by Gasteiger charge is -2.21. The number of anilines is 1. The van der Waals surface area contributed by atoms with Crippen molar-refractivity contribution in [3.63, 3.8) is 0 Å². The summed E-state index contributed by atoms with van der Waals surface area (Å²) in [5.41, 5.74) is 2.49. The molecular weight excluding hydrogens is 516 g/mol. The maximum Gasteiger partial charge on any atom is 0.278 e. The number of methoxy groups -OCH3 is 1. The van der Waals surface area contributed by atoms with Gasteiger partial charge in [0.2, 0.25) is 0 Å². The van der Waals surface area contributed by atoms with E-state index in [1.165, 1.54) is 43.9 Å². The number of hydrogen-bond donors (Lipinski definition) is 2. The molecule has 8 heteroatoms. The number of carbonyl (C=O) groups is 1. The molecule has 0 radical (unpaired) electrons. The van der Waals surface area contributed by atoms with E-state index in [0.717, 1.165) is 24.7 Å². The van der Waals surface area contributed by atoms with Gasteiger partial charge in [-0.2, -0.15) is 0 Å². The Kier molecular flexibility index (Phi) is 16.2. The summed E-state index contributed by atoms with van der Waals surface area (Å²) in [7, 11) is 1.53. The first-order valence-corrected chi connectivity index (χ1v) is 14.9. The van der Waals surface area contributed by atoms with Crippen LogP contribution in [0.15, 0.2) is 48.4 Å². The molecule has 2 N–H and O–H groups in total. The highest BCUT2D eigenvalue weighted by Gasteiger charge is 2.22. The van der Waals surface area contributed by atoms with Crippen LogP contribution >= 0.6 is 0 Å². The predicted molar refractivity (Wildman–Crippen MR) is 169 cm³/mol. The van der Waals surface area contributed by atoms with Gasteiger partial charge in [0.05, 0.1) is 25.1 Å². The highest BCUT2D eigenvalue weighted by molar-refractivity contribution is 6.04. The second kappa shape index (κ2) is 18.7. The smallest absolute Gasteiger partial charge is 0.278 e. The zero-order valence-electron chi connectivity index (χ0n) is 26.7. The van der Waals surface area contributed by atoms with Crippen LogP contribution in [0.1, 0.15) is 115 Å². The van der Waals surface area contributed by atoms with E-state index in [0.29, 0.717) is 35.2 Å². The maximum atomic E-state index is 13.3. The first kappa shape index (κ1) is 35.5. The molecule has 2 aromatic rings. The van der Waals surface area contributed by atoms with Crippen LogP contribution in [0.25, 0.3) is 5.70 Å². The normalized spacial score (nSPS) is 12.2. The molecule has 228 valence electrons. The van der Waals surface area contributed by atoms with Gasteiger partial charge in [-0.05, 0) is 49.5 Å². The number of hydrogen-bond acceptors (Lipinski definition) is 6. The zero-order chi connectivity index (χ0) is 30.8. The zero-order valence-corrected chi connectivity index (χ0v) is 26.7. The molecule has 8 nitrogen and oxygen atoms in total. The Bertz CT molecular complexity index is 1160. The molecule has 1 aromatic heterocycles. The molecule has 1 aromatic carbocycles. The van der Waals surface area contributed by atoms with Gasteiger partial charge in [-0.3, -0.25) is 4.79 Å². The number of carbonyl (C=O) groups excluding carboxylic acids is 1. The quantitative estimate of drug-likeness (QED) is 0.127. The van der Waals surface area contributed by atoms with Crippen molar-refractivity contribution in [2.24, 2.45) is 0 Å². The van der Waals surface area contributed by atoms with Crippen molar-refractivity contribution in [2.45, 2.75) is 106 Å². The van der Waals surface area contributed by atoms with E-state index in [1.54, 1.807) is 19.1 Å². The summed E-state index contributed by atoms with van der Waals surface area (Å²) < 4.78 is 12.8. The Hall–Kier alpha value is -3.55. The van der Waals surface area contributed by atoms with Crippen LogP contribution in [0, 0.1) is 6.92 Å². The van der Waals surface area contributed by atoms with Crippen LogP contribution in [-0.2, 0) is 10.2 Å². The molecule has 0 fully saturated rings. The molecular formula is C33H52N4O4. The summed E-state index contributed by atoms with van der Waals surface area (Å²) in [6, 6.07) is 5.92. The average molecular weight is 569 g/mol. The fourth-order valence-electron chi connectivity index (χ4n) is 4.07.